The van der Waals surface area contributed by atoms with Crippen LogP contribution in [0.4, 0.5) is 0 Å². The molecule has 0 unspecified atom stereocenters. The Hall–Kier alpha value is -1.56. The van der Waals surface area contributed by atoms with Gasteiger partial charge in [-0.2, -0.15) is 5.10 Å². The van der Waals surface area contributed by atoms with Crippen LogP contribution in [0, 0.1) is 0 Å². The van der Waals surface area contributed by atoms with Crippen molar-refractivity contribution in [3.8, 4) is 0 Å². The van der Waals surface area contributed by atoms with Crippen LogP contribution >= 0.6 is 0 Å². The van der Waals surface area contributed by atoms with E-state index in [1.165, 1.54) is 5.69 Å². The lowest BCUT2D eigenvalue weighted by atomic mass is 10.3. The monoisotopic (exact) mass is 211 g/mol. The van der Waals surface area contributed by atoms with Crippen LogP contribution < -0.4 is 5.73 Å². The third-order valence-corrected chi connectivity index (χ3v) is 2.23. The minimum atomic E-state index is 0.225. The first-order chi connectivity index (χ1) is 7.13. The standard InChI is InChI=1S/C9H17N5O/c1-13(7-9(10)12-15)6-4-8-3-5-11-14(8)2/h3,5,15H,4,6-7H2,1-2H3,(H2,10,12). The first-order valence-electron chi connectivity index (χ1n) is 4.75. The van der Waals surface area contributed by atoms with Crippen LogP contribution in [0.15, 0.2) is 17.4 Å². The molecule has 0 aromatic carbocycles. The summed E-state index contributed by atoms with van der Waals surface area (Å²) in [6.45, 7) is 1.31. The molecule has 15 heavy (non-hydrogen) atoms. The molecule has 0 aliphatic heterocycles. The summed E-state index contributed by atoms with van der Waals surface area (Å²) in [4.78, 5) is 1.99. The molecule has 0 fully saturated rings. The van der Waals surface area contributed by atoms with Crippen molar-refractivity contribution in [3.05, 3.63) is 18.0 Å². The van der Waals surface area contributed by atoms with Crippen molar-refractivity contribution in [2.24, 2.45) is 17.9 Å². The second-order valence-corrected chi connectivity index (χ2v) is 3.53. The van der Waals surface area contributed by atoms with Gasteiger partial charge < -0.3 is 10.9 Å². The molecule has 0 aliphatic rings. The first-order valence-corrected chi connectivity index (χ1v) is 4.75. The Morgan fingerprint density at radius 3 is 3.00 bits per heavy atom. The van der Waals surface area contributed by atoms with E-state index in [4.69, 9.17) is 10.9 Å². The number of likely N-dealkylation sites (N-methyl/N-ethyl adjacent to an activating group) is 1. The number of nitrogens with two attached hydrogens (primary N) is 1. The van der Waals surface area contributed by atoms with E-state index in [9.17, 15) is 0 Å². The molecule has 0 aliphatic carbocycles. The van der Waals surface area contributed by atoms with Crippen molar-refractivity contribution in [3.63, 3.8) is 0 Å². The van der Waals surface area contributed by atoms with Crippen molar-refractivity contribution in [1.82, 2.24) is 14.7 Å². The highest BCUT2D eigenvalue weighted by atomic mass is 16.4. The maximum atomic E-state index is 8.40. The van der Waals surface area contributed by atoms with Gasteiger partial charge in [-0.3, -0.25) is 9.58 Å². The molecule has 0 bridgehead atoms. The molecular formula is C9H17N5O. The van der Waals surface area contributed by atoms with Gasteiger partial charge in [0.1, 0.15) is 0 Å². The van der Waals surface area contributed by atoms with Gasteiger partial charge in [0.2, 0.25) is 0 Å². The minimum Gasteiger partial charge on any atom is -0.409 e. The number of aryl methyl sites for hydroxylation is 1. The Kier molecular flexibility index (Phi) is 4.11. The zero-order chi connectivity index (χ0) is 11.3. The molecule has 84 valence electrons. The Morgan fingerprint density at radius 2 is 2.47 bits per heavy atom. The smallest absolute Gasteiger partial charge is 0.153 e. The van der Waals surface area contributed by atoms with E-state index in [0.717, 1.165) is 13.0 Å². The molecule has 0 radical (unpaired) electrons. The number of nitrogens with zero attached hydrogens (tertiary/aromatic N) is 4. The molecule has 0 amide bonds. The summed E-state index contributed by atoms with van der Waals surface area (Å²) in [6, 6.07) is 1.98. The van der Waals surface area contributed by atoms with E-state index in [-0.39, 0.29) is 5.84 Å². The number of oxime groups is 1. The van der Waals surface area contributed by atoms with Gasteiger partial charge >= 0.3 is 0 Å². The van der Waals surface area contributed by atoms with E-state index in [2.05, 4.69) is 10.3 Å². The van der Waals surface area contributed by atoms with Gasteiger partial charge in [0.25, 0.3) is 0 Å². The fourth-order valence-corrected chi connectivity index (χ4v) is 1.34. The van der Waals surface area contributed by atoms with Crippen LogP contribution in [0.1, 0.15) is 5.69 Å². The molecule has 3 N–H and O–H groups in total. The van der Waals surface area contributed by atoms with Crippen molar-refractivity contribution in [2.45, 2.75) is 6.42 Å². The van der Waals surface area contributed by atoms with Crippen LogP contribution in [-0.2, 0) is 13.5 Å². The molecule has 1 heterocycles. The molecule has 0 atom stereocenters. The average Bonchev–Trinajstić information content (AvgIpc) is 2.61. The largest absolute Gasteiger partial charge is 0.409 e. The van der Waals surface area contributed by atoms with Gasteiger partial charge in [-0.1, -0.05) is 5.16 Å². The zero-order valence-electron chi connectivity index (χ0n) is 9.09. The van der Waals surface area contributed by atoms with E-state index in [1.807, 2.05) is 29.7 Å². The van der Waals surface area contributed by atoms with Gasteiger partial charge in [-0.05, 0) is 13.1 Å². The molecule has 0 saturated heterocycles. The molecule has 6 nitrogen and oxygen atoms in total. The fraction of sp³-hybridized carbons (Fsp3) is 0.556. The topological polar surface area (TPSA) is 79.7 Å². The maximum absolute atomic E-state index is 8.40. The normalized spacial score (nSPS) is 12.3. The van der Waals surface area contributed by atoms with Gasteiger partial charge in [0, 0.05) is 31.9 Å². The third-order valence-electron chi connectivity index (χ3n) is 2.23. The summed E-state index contributed by atoms with van der Waals surface area (Å²) in [7, 11) is 3.84. The summed E-state index contributed by atoms with van der Waals surface area (Å²) in [5.74, 6) is 0.225. The van der Waals surface area contributed by atoms with Crippen molar-refractivity contribution in [1.29, 1.82) is 0 Å². The zero-order valence-corrected chi connectivity index (χ0v) is 9.09. The Morgan fingerprint density at radius 1 is 1.73 bits per heavy atom. The molecule has 0 spiro atoms. The van der Waals surface area contributed by atoms with Crippen LogP contribution in [-0.4, -0.2) is 45.9 Å². The Bertz CT molecular complexity index is 333. The van der Waals surface area contributed by atoms with Crippen LogP contribution in [0.3, 0.4) is 0 Å². The van der Waals surface area contributed by atoms with Crippen molar-refractivity contribution >= 4 is 5.84 Å². The number of hydrogen-bond acceptors (Lipinski definition) is 4. The molecule has 1 aromatic rings. The van der Waals surface area contributed by atoms with E-state index >= 15 is 0 Å². The van der Waals surface area contributed by atoms with Crippen molar-refractivity contribution < 1.29 is 5.21 Å². The molecule has 6 heteroatoms. The fourth-order valence-electron chi connectivity index (χ4n) is 1.34. The van der Waals surface area contributed by atoms with E-state index in [0.29, 0.717) is 6.54 Å². The number of hydrogen-bond donors (Lipinski definition) is 2. The highest BCUT2D eigenvalue weighted by Crippen LogP contribution is 1.98. The summed E-state index contributed by atoms with van der Waals surface area (Å²) in [5.41, 5.74) is 6.56. The van der Waals surface area contributed by atoms with Crippen LogP contribution in [0.25, 0.3) is 0 Å². The molecule has 1 rings (SSSR count). The number of aromatic nitrogens is 2. The lowest BCUT2D eigenvalue weighted by molar-refractivity contribution is 0.309. The summed E-state index contributed by atoms with van der Waals surface area (Å²) in [5, 5.41) is 15.4. The van der Waals surface area contributed by atoms with Gasteiger partial charge in [-0.25, -0.2) is 0 Å². The van der Waals surface area contributed by atoms with Gasteiger partial charge in [0.15, 0.2) is 5.84 Å². The molecular weight excluding hydrogens is 194 g/mol. The predicted octanol–water partition coefficient (Wildman–Crippen LogP) is -0.359. The lowest BCUT2D eigenvalue weighted by Crippen LogP contribution is -2.32. The number of amidine groups is 1. The minimum absolute atomic E-state index is 0.225. The lowest BCUT2D eigenvalue weighted by Gasteiger charge is -2.15. The highest BCUT2D eigenvalue weighted by molar-refractivity contribution is 5.81. The van der Waals surface area contributed by atoms with Crippen LogP contribution in [0.2, 0.25) is 0 Å². The third kappa shape index (κ3) is 3.59. The van der Waals surface area contributed by atoms with Crippen LogP contribution in [0.5, 0.6) is 0 Å². The van der Waals surface area contributed by atoms with E-state index in [1.54, 1.807) is 6.20 Å². The first kappa shape index (κ1) is 11.5. The molecule has 0 saturated carbocycles. The SMILES string of the molecule is CN(CCc1ccnn1C)CC(N)=NO. The molecule has 1 aromatic heterocycles. The predicted molar refractivity (Wildman–Crippen MR) is 57.8 cm³/mol. The number of rotatable bonds is 5. The Labute approximate surface area is 89.0 Å². The van der Waals surface area contributed by atoms with Gasteiger partial charge in [0.05, 0.1) is 6.54 Å². The quantitative estimate of drug-likeness (QED) is 0.302. The average molecular weight is 211 g/mol. The second-order valence-electron chi connectivity index (χ2n) is 3.53. The van der Waals surface area contributed by atoms with E-state index < -0.39 is 0 Å². The van der Waals surface area contributed by atoms with Crippen molar-refractivity contribution in [2.75, 3.05) is 20.1 Å². The maximum Gasteiger partial charge on any atom is 0.153 e. The van der Waals surface area contributed by atoms with Gasteiger partial charge in [-0.15, -0.1) is 0 Å². The summed E-state index contributed by atoms with van der Waals surface area (Å²) in [6.07, 6.45) is 2.67. The Balaban J connectivity index is 2.34. The highest BCUT2D eigenvalue weighted by Gasteiger charge is 2.04. The second kappa shape index (κ2) is 5.35. The summed E-state index contributed by atoms with van der Waals surface area (Å²) < 4.78 is 1.84. The summed E-state index contributed by atoms with van der Waals surface area (Å²) >= 11 is 0.